The third-order valence-corrected chi connectivity index (χ3v) is 0.365. The molecular formula is C4H13AlO. The number of aliphatic hydroxyl groups is 1. The Labute approximate surface area is 49.5 Å². The Hall–Kier alpha value is 0.492. The molecule has 0 radical (unpaired) electrons. The summed E-state index contributed by atoms with van der Waals surface area (Å²) in [5, 5.41) is 8.14. The van der Waals surface area contributed by atoms with Gasteiger partial charge in [-0.3, -0.25) is 0 Å². The topological polar surface area (TPSA) is 20.2 Å². The van der Waals surface area contributed by atoms with Crippen molar-refractivity contribution in [3.8, 4) is 0 Å². The van der Waals surface area contributed by atoms with Crippen LogP contribution in [-0.2, 0) is 0 Å². The minimum absolute atomic E-state index is 0. The molecule has 0 aliphatic carbocycles. The standard InChI is InChI=1S/C4H10O.Al.3H/c1-4(2)3-5;;;;/h4-5H,3H2,1-2H3;;;;. The van der Waals surface area contributed by atoms with Crippen LogP contribution in [0, 0.1) is 5.92 Å². The minimum atomic E-state index is 0. The monoisotopic (exact) mass is 104 g/mol. The summed E-state index contributed by atoms with van der Waals surface area (Å²) < 4.78 is 0. The number of aliphatic hydroxyl groups excluding tert-OH is 1. The van der Waals surface area contributed by atoms with Crippen LogP contribution in [0.5, 0.6) is 0 Å². The number of hydrogen-bond acceptors (Lipinski definition) is 1. The van der Waals surface area contributed by atoms with Gasteiger partial charge in [-0.1, -0.05) is 13.8 Å². The zero-order valence-corrected chi connectivity index (χ0v) is 3.73. The maximum Gasteiger partial charge on any atom is 0.187 e. The summed E-state index contributed by atoms with van der Waals surface area (Å²) in [6.07, 6.45) is 0. The summed E-state index contributed by atoms with van der Waals surface area (Å²) >= 11 is 0. The molecule has 0 amide bonds. The normalized spacial score (nSPS) is 8.00. The maximum absolute atomic E-state index is 8.14. The van der Waals surface area contributed by atoms with Crippen molar-refractivity contribution in [1.29, 1.82) is 0 Å². The second-order valence-electron chi connectivity index (χ2n) is 1.58. The fraction of sp³-hybridized carbons (Fsp3) is 1.00. The fourth-order valence-corrected chi connectivity index (χ4v) is 0. The Morgan fingerprint density at radius 3 is 1.67 bits per heavy atom. The lowest BCUT2D eigenvalue weighted by atomic mass is 10.2. The van der Waals surface area contributed by atoms with E-state index in [-0.39, 0.29) is 17.4 Å². The van der Waals surface area contributed by atoms with Gasteiger partial charge in [0.2, 0.25) is 0 Å². The van der Waals surface area contributed by atoms with Crippen molar-refractivity contribution in [1.82, 2.24) is 0 Å². The van der Waals surface area contributed by atoms with Gasteiger partial charge in [-0.25, -0.2) is 0 Å². The molecule has 0 heterocycles. The lowest BCUT2D eigenvalue weighted by molar-refractivity contribution is 0.248. The highest BCUT2D eigenvalue weighted by Gasteiger charge is 1.81. The molecule has 0 aliphatic heterocycles. The van der Waals surface area contributed by atoms with Crippen LogP contribution in [0.3, 0.4) is 0 Å². The molecule has 0 saturated carbocycles. The van der Waals surface area contributed by atoms with Gasteiger partial charge in [-0.05, 0) is 5.92 Å². The summed E-state index contributed by atoms with van der Waals surface area (Å²) in [5.41, 5.74) is 0. The van der Waals surface area contributed by atoms with Crippen molar-refractivity contribution in [3.05, 3.63) is 0 Å². The predicted octanol–water partition coefficient (Wildman–Crippen LogP) is -0.549. The molecule has 0 spiro atoms. The third kappa shape index (κ3) is 8.82. The molecule has 0 aromatic heterocycles. The Morgan fingerprint density at radius 1 is 1.50 bits per heavy atom. The highest BCUT2D eigenvalue weighted by molar-refractivity contribution is 5.75. The zero-order chi connectivity index (χ0) is 4.28. The molecule has 0 atom stereocenters. The van der Waals surface area contributed by atoms with E-state index >= 15 is 0 Å². The molecular weight excluding hydrogens is 91.0 g/mol. The average Bonchev–Trinajstić information content (AvgIpc) is 1.38. The van der Waals surface area contributed by atoms with Crippen LogP contribution in [0.15, 0.2) is 0 Å². The third-order valence-electron chi connectivity index (χ3n) is 0.365. The number of hydrogen-bond donors (Lipinski definition) is 1. The molecule has 0 saturated heterocycles. The van der Waals surface area contributed by atoms with Crippen LogP contribution in [-0.4, -0.2) is 29.1 Å². The molecule has 0 rings (SSSR count). The first-order chi connectivity index (χ1) is 2.27. The first-order valence-electron chi connectivity index (χ1n) is 1.88. The molecule has 0 unspecified atom stereocenters. The van der Waals surface area contributed by atoms with Crippen LogP contribution < -0.4 is 0 Å². The summed E-state index contributed by atoms with van der Waals surface area (Å²) in [6, 6.07) is 0. The summed E-state index contributed by atoms with van der Waals surface area (Å²) in [6.45, 7) is 4.25. The van der Waals surface area contributed by atoms with E-state index in [4.69, 9.17) is 5.11 Å². The maximum atomic E-state index is 8.14. The van der Waals surface area contributed by atoms with Crippen LogP contribution in [0.1, 0.15) is 13.8 Å². The van der Waals surface area contributed by atoms with Gasteiger partial charge in [-0.15, -0.1) is 0 Å². The second-order valence-corrected chi connectivity index (χ2v) is 1.58. The molecule has 0 aromatic carbocycles. The number of rotatable bonds is 1. The van der Waals surface area contributed by atoms with Crippen LogP contribution in [0.4, 0.5) is 0 Å². The van der Waals surface area contributed by atoms with E-state index in [1.54, 1.807) is 0 Å². The highest BCUT2D eigenvalue weighted by atomic mass is 27.0. The SMILES string of the molecule is CC(C)CO.[AlH3]. The average molecular weight is 104 g/mol. The Kier molecular flexibility index (Phi) is 8.88. The predicted molar refractivity (Wildman–Crippen MR) is 31.9 cm³/mol. The van der Waals surface area contributed by atoms with E-state index in [9.17, 15) is 0 Å². The fourth-order valence-electron chi connectivity index (χ4n) is 0. The van der Waals surface area contributed by atoms with Crippen LogP contribution in [0.2, 0.25) is 0 Å². The van der Waals surface area contributed by atoms with Crippen molar-refractivity contribution in [2.75, 3.05) is 6.61 Å². The van der Waals surface area contributed by atoms with Crippen molar-refractivity contribution in [2.45, 2.75) is 13.8 Å². The van der Waals surface area contributed by atoms with Gasteiger partial charge in [0.05, 0.1) is 0 Å². The molecule has 0 aliphatic rings. The van der Waals surface area contributed by atoms with Crippen molar-refractivity contribution in [3.63, 3.8) is 0 Å². The van der Waals surface area contributed by atoms with Crippen molar-refractivity contribution in [2.24, 2.45) is 5.92 Å². The van der Waals surface area contributed by atoms with Gasteiger partial charge >= 0.3 is 0 Å². The Balaban J connectivity index is 0. The molecule has 0 bridgehead atoms. The lowest BCUT2D eigenvalue weighted by Crippen LogP contribution is -1.90. The lowest BCUT2D eigenvalue weighted by Gasteiger charge is -1.90. The van der Waals surface area contributed by atoms with E-state index in [0.29, 0.717) is 12.5 Å². The minimum Gasteiger partial charge on any atom is -0.396 e. The van der Waals surface area contributed by atoms with E-state index in [0.717, 1.165) is 0 Å². The second kappa shape index (κ2) is 5.49. The first-order valence-corrected chi connectivity index (χ1v) is 1.88. The summed E-state index contributed by atoms with van der Waals surface area (Å²) in [7, 11) is 0. The van der Waals surface area contributed by atoms with Gasteiger partial charge in [0.25, 0.3) is 0 Å². The molecule has 2 heteroatoms. The smallest absolute Gasteiger partial charge is 0.187 e. The van der Waals surface area contributed by atoms with E-state index in [2.05, 4.69) is 0 Å². The van der Waals surface area contributed by atoms with Gasteiger partial charge in [0, 0.05) is 6.61 Å². The Bertz CT molecular complexity index is 21.5. The highest BCUT2D eigenvalue weighted by Crippen LogP contribution is 1.83. The molecule has 38 valence electrons. The summed E-state index contributed by atoms with van der Waals surface area (Å²) in [5.74, 6) is 0.440. The van der Waals surface area contributed by atoms with E-state index < -0.39 is 0 Å². The van der Waals surface area contributed by atoms with Crippen molar-refractivity contribution < 1.29 is 5.11 Å². The first kappa shape index (κ1) is 9.70. The van der Waals surface area contributed by atoms with Gasteiger partial charge in [0.15, 0.2) is 17.4 Å². The molecule has 0 aromatic rings. The van der Waals surface area contributed by atoms with Crippen LogP contribution >= 0.6 is 0 Å². The van der Waals surface area contributed by atoms with Crippen molar-refractivity contribution >= 4 is 17.4 Å². The van der Waals surface area contributed by atoms with E-state index in [1.165, 1.54) is 0 Å². The molecule has 0 fully saturated rings. The van der Waals surface area contributed by atoms with Gasteiger partial charge < -0.3 is 5.11 Å². The molecule has 1 nitrogen and oxygen atoms in total. The largest absolute Gasteiger partial charge is 0.396 e. The summed E-state index contributed by atoms with van der Waals surface area (Å²) in [4.78, 5) is 0. The van der Waals surface area contributed by atoms with Gasteiger partial charge in [0.1, 0.15) is 0 Å². The van der Waals surface area contributed by atoms with Crippen LogP contribution in [0.25, 0.3) is 0 Å². The van der Waals surface area contributed by atoms with Gasteiger partial charge in [-0.2, -0.15) is 0 Å². The molecule has 6 heavy (non-hydrogen) atoms. The van der Waals surface area contributed by atoms with E-state index in [1.807, 2.05) is 13.8 Å². The zero-order valence-electron chi connectivity index (χ0n) is 3.73. The quantitative estimate of drug-likeness (QED) is 0.442. The Morgan fingerprint density at radius 2 is 1.67 bits per heavy atom. The molecule has 1 N–H and O–H groups in total.